The fourth-order valence-corrected chi connectivity index (χ4v) is 5.34. The van der Waals surface area contributed by atoms with Gasteiger partial charge in [0.2, 0.25) is 0 Å². The summed E-state index contributed by atoms with van der Waals surface area (Å²) in [4.78, 5) is 8.60. The minimum Gasteiger partial charge on any atom is -0.406 e. The molecule has 2 aromatic rings. The summed E-state index contributed by atoms with van der Waals surface area (Å²) in [5, 5.41) is 10.6. The molecule has 0 aromatic heterocycles. The molecule has 0 amide bonds. The van der Waals surface area contributed by atoms with Crippen LogP contribution in [0.2, 0.25) is 5.02 Å². The van der Waals surface area contributed by atoms with Gasteiger partial charge in [-0.3, -0.25) is 10.1 Å². The van der Waals surface area contributed by atoms with Crippen LogP contribution in [0, 0.1) is 10.1 Å². The number of alkyl halides is 3. The van der Waals surface area contributed by atoms with E-state index in [-0.39, 0.29) is 8.73 Å². The maximum absolute atomic E-state index is 12.6. The van der Waals surface area contributed by atoms with Crippen LogP contribution in [0.3, 0.4) is 0 Å². The van der Waals surface area contributed by atoms with Crippen LogP contribution >= 0.6 is 11.6 Å². The van der Waals surface area contributed by atoms with Gasteiger partial charge in [0.25, 0.3) is 25.7 Å². The van der Waals surface area contributed by atoms with Crippen LogP contribution in [-0.4, -0.2) is 38.9 Å². The highest BCUT2D eigenvalue weighted by molar-refractivity contribution is 8.04. The van der Waals surface area contributed by atoms with Crippen LogP contribution in [0.5, 0.6) is 5.75 Å². The Bertz CT molecular complexity index is 1150. The molecule has 0 radical (unpaired) electrons. The Kier molecular flexibility index (Phi) is 6.13. The molecular formula is C14H10ClF3N2O7S2. The van der Waals surface area contributed by atoms with E-state index >= 15 is 0 Å². The molecule has 0 fully saturated rings. The van der Waals surface area contributed by atoms with Gasteiger partial charge in [0.15, 0.2) is 0 Å². The average Bonchev–Trinajstić information content (AvgIpc) is 2.60. The predicted molar refractivity (Wildman–Crippen MR) is 93.4 cm³/mol. The quantitative estimate of drug-likeness (QED) is 0.465. The summed E-state index contributed by atoms with van der Waals surface area (Å²) >= 11 is 5.61. The van der Waals surface area contributed by atoms with Crippen LogP contribution in [0.4, 0.5) is 18.9 Å². The maximum atomic E-state index is 12.6. The summed E-state index contributed by atoms with van der Waals surface area (Å²) in [5.41, 5.74) is -0.757. The predicted octanol–water partition coefficient (Wildman–Crippen LogP) is 3.16. The Balaban J connectivity index is 2.42. The molecule has 158 valence electrons. The third-order valence-electron chi connectivity index (χ3n) is 3.44. The summed E-state index contributed by atoms with van der Waals surface area (Å²) in [7, 11) is -8.86. The minimum absolute atomic E-state index is 0.0629. The number of rotatable bonds is 6. The fourth-order valence-electron chi connectivity index (χ4n) is 2.03. The van der Waals surface area contributed by atoms with Gasteiger partial charge in [0.05, 0.1) is 14.7 Å². The van der Waals surface area contributed by atoms with Gasteiger partial charge >= 0.3 is 6.36 Å². The van der Waals surface area contributed by atoms with E-state index in [1.165, 1.54) is 0 Å². The molecule has 9 nitrogen and oxygen atoms in total. The van der Waals surface area contributed by atoms with Crippen molar-refractivity contribution in [2.75, 3.05) is 7.05 Å². The Morgan fingerprint density at radius 2 is 1.48 bits per heavy atom. The SMILES string of the molecule is CN(S(=O)(=O)c1ccc(OC(F)(F)F)cc1)S(=O)(=O)c1ccc(Cl)c([N+](=O)[O-])c1. The van der Waals surface area contributed by atoms with Crippen molar-refractivity contribution in [2.24, 2.45) is 0 Å². The van der Waals surface area contributed by atoms with Gasteiger partial charge in [0.1, 0.15) is 10.8 Å². The number of ether oxygens (including phenoxy) is 1. The molecule has 0 unspecified atom stereocenters. The molecule has 0 N–H and O–H groups in total. The number of halogens is 4. The molecular weight excluding hydrogens is 465 g/mol. The van der Waals surface area contributed by atoms with Crippen molar-refractivity contribution < 1.29 is 39.7 Å². The van der Waals surface area contributed by atoms with Crippen LogP contribution in [0.15, 0.2) is 52.3 Å². The first-order chi connectivity index (χ1) is 13.2. The first kappa shape index (κ1) is 22.9. The lowest BCUT2D eigenvalue weighted by molar-refractivity contribution is -0.384. The lowest BCUT2D eigenvalue weighted by Gasteiger charge is -2.18. The number of nitro benzene ring substituents is 1. The Morgan fingerprint density at radius 3 is 1.97 bits per heavy atom. The number of nitrogens with zero attached hydrogens (tertiary/aromatic N) is 2. The van der Waals surface area contributed by atoms with Gasteiger partial charge in [-0.2, -0.15) is 0 Å². The van der Waals surface area contributed by atoms with E-state index in [4.69, 9.17) is 11.6 Å². The minimum atomic E-state index is -5.00. The lowest BCUT2D eigenvalue weighted by Crippen LogP contribution is -2.33. The third kappa shape index (κ3) is 4.95. The second-order valence-electron chi connectivity index (χ2n) is 5.28. The van der Waals surface area contributed by atoms with E-state index in [0.29, 0.717) is 37.4 Å². The molecule has 0 saturated carbocycles. The molecule has 0 aliphatic rings. The lowest BCUT2D eigenvalue weighted by atomic mass is 10.3. The molecule has 0 bridgehead atoms. The van der Waals surface area contributed by atoms with E-state index in [2.05, 4.69) is 4.74 Å². The van der Waals surface area contributed by atoms with Crippen LogP contribution in [0.25, 0.3) is 0 Å². The first-order valence-electron chi connectivity index (χ1n) is 7.20. The molecule has 0 spiro atoms. The highest BCUT2D eigenvalue weighted by Gasteiger charge is 2.35. The molecule has 29 heavy (non-hydrogen) atoms. The smallest absolute Gasteiger partial charge is 0.406 e. The Labute approximate surface area is 167 Å². The number of nitro groups is 1. The zero-order chi connectivity index (χ0) is 22.2. The largest absolute Gasteiger partial charge is 0.573 e. The van der Waals surface area contributed by atoms with Gasteiger partial charge in [-0.05, 0) is 36.4 Å². The van der Waals surface area contributed by atoms with Crippen molar-refractivity contribution in [2.45, 2.75) is 16.2 Å². The van der Waals surface area contributed by atoms with Gasteiger partial charge < -0.3 is 4.74 Å². The molecule has 0 atom stereocenters. The number of benzene rings is 2. The molecule has 2 aromatic carbocycles. The zero-order valence-corrected chi connectivity index (χ0v) is 16.5. The highest BCUT2D eigenvalue weighted by Crippen LogP contribution is 2.31. The normalized spacial score (nSPS) is 12.8. The zero-order valence-electron chi connectivity index (χ0n) is 14.1. The summed E-state index contributed by atoms with van der Waals surface area (Å²) in [6.45, 7) is 0. The summed E-state index contributed by atoms with van der Waals surface area (Å²) in [6.07, 6.45) is -5.00. The van der Waals surface area contributed by atoms with E-state index in [0.717, 1.165) is 12.1 Å². The molecule has 0 heterocycles. The number of sulfonamides is 2. The topological polar surface area (TPSA) is 124 Å². The van der Waals surface area contributed by atoms with Crippen LogP contribution in [0.1, 0.15) is 0 Å². The van der Waals surface area contributed by atoms with Crippen molar-refractivity contribution in [3.63, 3.8) is 0 Å². The summed E-state index contributed by atoms with van der Waals surface area (Å²) in [5.74, 6) is -0.713. The van der Waals surface area contributed by atoms with E-state index in [9.17, 15) is 40.1 Å². The molecule has 0 aliphatic carbocycles. The van der Waals surface area contributed by atoms with Gasteiger partial charge in [-0.15, -0.1) is 13.2 Å². The monoisotopic (exact) mass is 474 g/mol. The molecule has 0 aliphatic heterocycles. The molecule has 15 heteroatoms. The standard InChI is InChI=1S/C14H10ClF3N2O7S2/c1-19(29(25,26)11-6-7-12(15)13(8-11)20(21)22)28(23,24)10-4-2-9(3-5-10)27-14(16,17)18/h2-8H,1H3. The number of hydrogen-bond acceptors (Lipinski definition) is 7. The van der Waals surface area contributed by atoms with Crippen molar-refractivity contribution in [3.8, 4) is 5.75 Å². The van der Waals surface area contributed by atoms with Crippen molar-refractivity contribution in [1.29, 1.82) is 0 Å². The molecule has 2 rings (SSSR count). The second kappa shape index (κ2) is 7.78. The third-order valence-corrected chi connectivity index (χ3v) is 8.01. The first-order valence-corrected chi connectivity index (χ1v) is 10.5. The molecule has 0 saturated heterocycles. The van der Waals surface area contributed by atoms with Crippen LogP contribution in [-0.2, 0) is 20.0 Å². The van der Waals surface area contributed by atoms with Gasteiger partial charge in [-0.1, -0.05) is 15.3 Å². The Morgan fingerprint density at radius 1 is 1.00 bits per heavy atom. The van der Waals surface area contributed by atoms with E-state index in [1.807, 2.05) is 0 Å². The van der Waals surface area contributed by atoms with Crippen molar-refractivity contribution in [1.82, 2.24) is 3.71 Å². The summed E-state index contributed by atoms with van der Waals surface area (Å²) < 4.78 is 90.4. The van der Waals surface area contributed by atoms with E-state index in [1.54, 1.807) is 0 Å². The maximum Gasteiger partial charge on any atom is 0.573 e. The van der Waals surface area contributed by atoms with Gasteiger partial charge in [0, 0.05) is 13.1 Å². The number of hydrogen-bond donors (Lipinski definition) is 0. The summed E-state index contributed by atoms with van der Waals surface area (Å²) in [6, 6.07) is 5.18. The highest BCUT2D eigenvalue weighted by atomic mass is 35.5. The van der Waals surface area contributed by atoms with Gasteiger partial charge in [-0.25, -0.2) is 16.8 Å². The average molecular weight is 475 g/mol. The fraction of sp³-hybridized carbons (Fsp3) is 0.143. The Hall–Kier alpha value is -2.42. The van der Waals surface area contributed by atoms with Crippen LogP contribution < -0.4 is 4.74 Å². The second-order valence-corrected chi connectivity index (χ2v) is 9.86. The van der Waals surface area contributed by atoms with Crippen molar-refractivity contribution >= 4 is 37.3 Å². The van der Waals surface area contributed by atoms with Crippen molar-refractivity contribution in [3.05, 3.63) is 57.6 Å². The van der Waals surface area contributed by atoms with E-state index < -0.39 is 52.6 Å².